The highest BCUT2D eigenvalue weighted by Crippen LogP contribution is 2.65. The van der Waals surface area contributed by atoms with Crippen LogP contribution in [0, 0.1) is 0 Å². The van der Waals surface area contributed by atoms with Crippen molar-refractivity contribution in [2.24, 2.45) is 0 Å². The summed E-state index contributed by atoms with van der Waals surface area (Å²) in [5.41, 5.74) is 19.8. The zero-order valence-corrected chi connectivity index (χ0v) is 36.5. The fourth-order valence-corrected chi connectivity index (χ4v) is 11.5. The number of benzene rings is 11. The van der Waals surface area contributed by atoms with Crippen LogP contribution in [-0.2, 0) is 5.41 Å². The van der Waals surface area contributed by atoms with E-state index in [1.54, 1.807) is 0 Å². The molecular formula is C65H40N2. The van der Waals surface area contributed by atoms with Gasteiger partial charge in [0.25, 0.3) is 0 Å². The highest BCUT2D eigenvalue weighted by atomic mass is 14.9. The van der Waals surface area contributed by atoms with E-state index in [9.17, 15) is 0 Å². The lowest BCUT2D eigenvalue weighted by Crippen LogP contribution is -2.26. The fraction of sp³-hybridized carbons (Fsp3) is 0.0154. The van der Waals surface area contributed by atoms with Crippen molar-refractivity contribution in [1.29, 1.82) is 0 Å². The molecule has 2 nitrogen and oxygen atoms in total. The molecule has 1 aromatic heterocycles. The summed E-state index contributed by atoms with van der Waals surface area (Å²) in [5, 5.41) is 7.68. The van der Waals surface area contributed by atoms with Gasteiger partial charge in [-0.15, -0.1) is 0 Å². The minimum absolute atomic E-state index is 0.481. The SMILES string of the molecule is c1ccc(-c2cccc(-c3cc(-c4ccc(-c5ccc6cc7c(cc6c5)C5(c6ccccc6-c6ccccc65)c5c-7c6ccccc6c6ccccc56)cc4)nc(-c4ccccc4)n3)c2)cc1. The molecule has 0 aliphatic heterocycles. The van der Waals surface area contributed by atoms with Crippen LogP contribution in [-0.4, -0.2) is 9.97 Å². The van der Waals surface area contributed by atoms with E-state index in [0.29, 0.717) is 5.82 Å². The van der Waals surface area contributed by atoms with Crippen molar-refractivity contribution in [1.82, 2.24) is 9.97 Å². The second-order valence-electron chi connectivity index (χ2n) is 18.0. The zero-order valence-electron chi connectivity index (χ0n) is 36.5. The molecule has 2 aliphatic carbocycles. The van der Waals surface area contributed by atoms with Crippen molar-refractivity contribution in [2.45, 2.75) is 5.41 Å². The molecule has 310 valence electrons. The van der Waals surface area contributed by atoms with Crippen molar-refractivity contribution in [3.05, 3.63) is 265 Å². The van der Waals surface area contributed by atoms with E-state index in [4.69, 9.17) is 9.97 Å². The van der Waals surface area contributed by atoms with Gasteiger partial charge >= 0.3 is 0 Å². The first kappa shape index (κ1) is 37.6. The highest BCUT2D eigenvalue weighted by Gasteiger charge is 2.53. The Hall–Kier alpha value is -8.72. The van der Waals surface area contributed by atoms with Gasteiger partial charge < -0.3 is 0 Å². The van der Waals surface area contributed by atoms with Gasteiger partial charge in [-0.3, -0.25) is 0 Å². The molecule has 2 heteroatoms. The summed E-state index contributed by atoms with van der Waals surface area (Å²) < 4.78 is 0. The Morgan fingerprint density at radius 2 is 0.776 bits per heavy atom. The van der Waals surface area contributed by atoms with Gasteiger partial charge in [0.05, 0.1) is 16.8 Å². The van der Waals surface area contributed by atoms with E-state index in [2.05, 4.69) is 224 Å². The molecule has 0 saturated carbocycles. The number of rotatable bonds is 5. The second kappa shape index (κ2) is 14.7. The maximum Gasteiger partial charge on any atom is 0.160 e. The van der Waals surface area contributed by atoms with E-state index in [-0.39, 0.29) is 0 Å². The number of fused-ring (bicyclic) bond motifs is 16. The Morgan fingerprint density at radius 3 is 1.49 bits per heavy atom. The standard InChI is InChI=1S/C65H40N2/c1-3-16-41(17-4-1)45-20-15-21-48(36-45)61-40-60(66-64(67-61)44-18-5-2-6-19-44)43-32-30-42(31-33-43)46-34-35-47-38-56-59(39-49(47)37-46)65(57-28-13-11-24-52(57)53-25-12-14-29-58(53)65)63-55-27-10-8-23-51(55)50-22-7-9-26-54(50)62(56)63/h1-40H. The van der Waals surface area contributed by atoms with Gasteiger partial charge in [0, 0.05) is 16.7 Å². The van der Waals surface area contributed by atoms with E-state index in [0.717, 1.165) is 39.2 Å². The predicted octanol–water partition coefficient (Wildman–Crippen LogP) is 16.6. The van der Waals surface area contributed by atoms with Crippen molar-refractivity contribution in [3.63, 3.8) is 0 Å². The average Bonchev–Trinajstić information content (AvgIpc) is 3.88. The van der Waals surface area contributed by atoms with Crippen LogP contribution >= 0.6 is 0 Å². The Balaban J connectivity index is 0.917. The first-order chi connectivity index (χ1) is 33.2. The molecule has 0 bridgehead atoms. The molecule has 0 saturated heterocycles. The first-order valence-corrected chi connectivity index (χ1v) is 23.1. The molecule has 0 fully saturated rings. The lowest BCUT2D eigenvalue weighted by molar-refractivity contribution is 0.803. The van der Waals surface area contributed by atoms with Crippen LogP contribution in [0.4, 0.5) is 0 Å². The number of aromatic nitrogens is 2. The van der Waals surface area contributed by atoms with Gasteiger partial charge in [0.2, 0.25) is 0 Å². The minimum Gasteiger partial charge on any atom is -0.228 e. The maximum absolute atomic E-state index is 5.17. The lowest BCUT2D eigenvalue weighted by atomic mass is 9.69. The molecule has 0 atom stereocenters. The van der Waals surface area contributed by atoms with E-state index < -0.39 is 5.41 Å². The van der Waals surface area contributed by atoms with Crippen molar-refractivity contribution >= 4 is 32.3 Å². The summed E-state index contributed by atoms with van der Waals surface area (Å²) in [6, 6.07) is 88.8. The molecule has 0 unspecified atom stereocenters. The molecule has 11 aromatic carbocycles. The zero-order chi connectivity index (χ0) is 44.1. The van der Waals surface area contributed by atoms with Crippen molar-refractivity contribution < 1.29 is 0 Å². The smallest absolute Gasteiger partial charge is 0.160 e. The molecule has 0 N–H and O–H groups in total. The lowest BCUT2D eigenvalue weighted by Gasteiger charge is -2.32. The number of hydrogen-bond donors (Lipinski definition) is 0. The molecule has 2 aliphatic rings. The van der Waals surface area contributed by atoms with Crippen LogP contribution in [0.15, 0.2) is 243 Å². The van der Waals surface area contributed by atoms with Crippen LogP contribution in [0.5, 0.6) is 0 Å². The summed E-state index contributed by atoms with van der Waals surface area (Å²) in [5.74, 6) is 0.706. The molecule has 12 aromatic rings. The maximum atomic E-state index is 5.17. The predicted molar refractivity (Wildman–Crippen MR) is 278 cm³/mol. The van der Waals surface area contributed by atoms with E-state index in [1.165, 1.54) is 88.0 Å². The number of hydrogen-bond acceptors (Lipinski definition) is 2. The third-order valence-electron chi connectivity index (χ3n) is 14.4. The van der Waals surface area contributed by atoms with Crippen molar-refractivity contribution in [3.8, 4) is 78.4 Å². The van der Waals surface area contributed by atoms with Gasteiger partial charge in [-0.25, -0.2) is 9.97 Å². The summed E-state index contributed by atoms with van der Waals surface area (Å²) in [7, 11) is 0. The molecule has 0 radical (unpaired) electrons. The van der Waals surface area contributed by atoms with Gasteiger partial charge in [-0.05, 0) is 129 Å². The van der Waals surface area contributed by atoms with Crippen LogP contribution in [0.2, 0.25) is 0 Å². The molecule has 67 heavy (non-hydrogen) atoms. The quantitative estimate of drug-likeness (QED) is 0.161. The Bertz CT molecular complexity index is 3920. The fourth-order valence-electron chi connectivity index (χ4n) is 11.5. The van der Waals surface area contributed by atoms with Crippen LogP contribution in [0.3, 0.4) is 0 Å². The average molecular weight is 849 g/mol. The van der Waals surface area contributed by atoms with Crippen LogP contribution < -0.4 is 0 Å². The highest BCUT2D eigenvalue weighted by molar-refractivity contribution is 6.20. The Labute approximate surface area is 389 Å². The van der Waals surface area contributed by atoms with E-state index >= 15 is 0 Å². The topological polar surface area (TPSA) is 25.8 Å². The second-order valence-corrected chi connectivity index (χ2v) is 18.0. The van der Waals surface area contributed by atoms with Gasteiger partial charge in [0.1, 0.15) is 0 Å². The Kier molecular flexibility index (Phi) is 8.23. The van der Waals surface area contributed by atoms with Crippen molar-refractivity contribution in [2.75, 3.05) is 0 Å². The Morgan fingerprint density at radius 1 is 0.269 bits per heavy atom. The van der Waals surface area contributed by atoms with Crippen LogP contribution in [0.25, 0.3) is 111 Å². The summed E-state index contributed by atoms with van der Waals surface area (Å²) in [6.45, 7) is 0. The molecule has 0 amide bonds. The number of nitrogens with zero attached hydrogens (tertiary/aromatic N) is 2. The molecule has 1 heterocycles. The molecular weight excluding hydrogens is 809 g/mol. The van der Waals surface area contributed by atoms with Gasteiger partial charge in [0.15, 0.2) is 5.82 Å². The summed E-state index contributed by atoms with van der Waals surface area (Å²) >= 11 is 0. The largest absolute Gasteiger partial charge is 0.228 e. The normalized spacial score (nSPS) is 12.9. The monoisotopic (exact) mass is 848 g/mol. The van der Waals surface area contributed by atoms with Gasteiger partial charge in [-0.2, -0.15) is 0 Å². The van der Waals surface area contributed by atoms with E-state index in [1.807, 2.05) is 18.2 Å². The first-order valence-electron chi connectivity index (χ1n) is 23.1. The summed E-state index contributed by atoms with van der Waals surface area (Å²) in [6.07, 6.45) is 0. The molecule has 14 rings (SSSR count). The molecule has 1 spiro atoms. The third-order valence-corrected chi connectivity index (χ3v) is 14.4. The summed E-state index contributed by atoms with van der Waals surface area (Å²) in [4.78, 5) is 10.3. The van der Waals surface area contributed by atoms with Gasteiger partial charge in [-0.1, -0.05) is 212 Å². The van der Waals surface area contributed by atoms with Crippen LogP contribution in [0.1, 0.15) is 22.3 Å². The minimum atomic E-state index is -0.481. The third kappa shape index (κ3) is 5.63.